The summed E-state index contributed by atoms with van der Waals surface area (Å²) < 4.78 is 0. The van der Waals surface area contributed by atoms with Crippen molar-refractivity contribution in [2.45, 2.75) is 33.1 Å². The molecule has 2 N–H and O–H groups in total. The fraction of sp³-hybridized carbons (Fsp3) is 0.625. The lowest BCUT2D eigenvalue weighted by molar-refractivity contribution is 0.224. The topological polar surface area (TPSA) is 29.3 Å². The second-order valence-electron chi connectivity index (χ2n) is 6.33. The van der Waals surface area contributed by atoms with E-state index in [1.807, 2.05) is 0 Å². The van der Waals surface area contributed by atoms with Crippen LogP contribution in [0.4, 0.5) is 0 Å². The SMILES string of the molecule is CC(C)c1ccc(CC(C)(CN)CN(C)C)cc1. The molecule has 1 rings (SSSR count). The van der Waals surface area contributed by atoms with Gasteiger partial charge in [0.2, 0.25) is 0 Å². The van der Waals surface area contributed by atoms with E-state index in [1.54, 1.807) is 0 Å². The van der Waals surface area contributed by atoms with Crippen molar-refractivity contribution in [3.05, 3.63) is 35.4 Å². The van der Waals surface area contributed by atoms with E-state index >= 15 is 0 Å². The van der Waals surface area contributed by atoms with E-state index in [4.69, 9.17) is 5.73 Å². The van der Waals surface area contributed by atoms with Gasteiger partial charge in [-0.1, -0.05) is 45.0 Å². The Morgan fingerprint density at radius 2 is 1.72 bits per heavy atom. The third kappa shape index (κ3) is 4.43. The van der Waals surface area contributed by atoms with E-state index in [0.29, 0.717) is 5.92 Å². The summed E-state index contributed by atoms with van der Waals surface area (Å²) in [5, 5.41) is 0. The van der Waals surface area contributed by atoms with Crippen LogP contribution in [0.5, 0.6) is 0 Å². The molecule has 1 unspecified atom stereocenters. The van der Waals surface area contributed by atoms with Crippen LogP contribution in [0.1, 0.15) is 37.8 Å². The Balaban J connectivity index is 2.76. The second kappa shape index (κ2) is 6.35. The summed E-state index contributed by atoms with van der Waals surface area (Å²) >= 11 is 0. The highest BCUT2D eigenvalue weighted by atomic mass is 15.1. The Labute approximate surface area is 112 Å². The molecule has 0 aliphatic carbocycles. The zero-order chi connectivity index (χ0) is 13.8. The zero-order valence-corrected chi connectivity index (χ0v) is 12.5. The Bertz CT molecular complexity index is 354. The highest BCUT2D eigenvalue weighted by molar-refractivity contribution is 5.25. The fourth-order valence-electron chi connectivity index (χ4n) is 2.47. The quantitative estimate of drug-likeness (QED) is 0.839. The molecule has 1 atom stereocenters. The first-order chi connectivity index (χ1) is 8.36. The van der Waals surface area contributed by atoms with Gasteiger partial charge in [-0.25, -0.2) is 0 Å². The van der Waals surface area contributed by atoms with Crippen LogP contribution in [0.2, 0.25) is 0 Å². The number of nitrogens with two attached hydrogens (primary N) is 1. The van der Waals surface area contributed by atoms with Gasteiger partial charge in [0.05, 0.1) is 0 Å². The molecular formula is C16H28N2. The highest BCUT2D eigenvalue weighted by Gasteiger charge is 2.23. The van der Waals surface area contributed by atoms with Crippen LogP contribution in [0.3, 0.4) is 0 Å². The Morgan fingerprint density at radius 1 is 1.17 bits per heavy atom. The minimum absolute atomic E-state index is 0.156. The molecule has 0 spiro atoms. The van der Waals surface area contributed by atoms with E-state index in [-0.39, 0.29) is 5.41 Å². The van der Waals surface area contributed by atoms with Crippen molar-refractivity contribution in [2.24, 2.45) is 11.1 Å². The van der Waals surface area contributed by atoms with Crippen LogP contribution in [-0.2, 0) is 6.42 Å². The Morgan fingerprint density at radius 3 is 2.11 bits per heavy atom. The van der Waals surface area contributed by atoms with Crippen molar-refractivity contribution in [3.8, 4) is 0 Å². The summed E-state index contributed by atoms with van der Waals surface area (Å²) in [5.41, 5.74) is 8.90. The first kappa shape index (κ1) is 15.2. The standard InChI is InChI=1S/C16H28N2/c1-13(2)15-8-6-14(7-9-15)10-16(3,11-17)12-18(4)5/h6-9,13H,10-12,17H2,1-5H3. The number of benzene rings is 1. The molecule has 1 aromatic rings. The lowest BCUT2D eigenvalue weighted by Crippen LogP contribution is -2.39. The minimum atomic E-state index is 0.156. The third-order valence-electron chi connectivity index (χ3n) is 3.47. The number of nitrogens with zero attached hydrogens (tertiary/aromatic N) is 1. The predicted octanol–water partition coefficient (Wildman–Crippen LogP) is 2.88. The Hall–Kier alpha value is -0.860. The van der Waals surface area contributed by atoms with E-state index < -0.39 is 0 Å². The van der Waals surface area contributed by atoms with Gasteiger partial charge in [0.15, 0.2) is 0 Å². The summed E-state index contributed by atoms with van der Waals surface area (Å²) in [4.78, 5) is 2.22. The number of hydrogen-bond acceptors (Lipinski definition) is 2. The molecule has 0 radical (unpaired) electrons. The lowest BCUT2D eigenvalue weighted by atomic mass is 9.83. The summed E-state index contributed by atoms with van der Waals surface area (Å²) in [6, 6.07) is 8.98. The van der Waals surface area contributed by atoms with Crippen molar-refractivity contribution in [1.82, 2.24) is 4.90 Å². The van der Waals surface area contributed by atoms with Crippen LogP contribution in [0.15, 0.2) is 24.3 Å². The van der Waals surface area contributed by atoms with Crippen LogP contribution in [0, 0.1) is 5.41 Å². The van der Waals surface area contributed by atoms with Gasteiger partial charge in [-0.15, -0.1) is 0 Å². The average molecular weight is 248 g/mol. The van der Waals surface area contributed by atoms with Crippen molar-refractivity contribution >= 4 is 0 Å². The Kier molecular flexibility index (Phi) is 5.36. The van der Waals surface area contributed by atoms with Crippen molar-refractivity contribution < 1.29 is 0 Å². The van der Waals surface area contributed by atoms with Gasteiger partial charge in [-0.05, 0) is 49.5 Å². The predicted molar refractivity (Wildman–Crippen MR) is 80.0 cm³/mol. The number of rotatable bonds is 6. The van der Waals surface area contributed by atoms with Gasteiger partial charge in [-0.3, -0.25) is 0 Å². The molecule has 1 aromatic carbocycles. The average Bonchev–Trinajstić information content (AvgIpc) is 2.28. The maximum Gasteiger partial charge on any atom is 0.00445 e. The van der Waals surface area contributed by atoms with Crippen molar-refractivity contribution in [1.29, 1.82) is 0 Å². The van der Waals surface area contributed by atoms with Gasteiger partial charge in [0.25, 0.3) is 0 Å². The normalized spacial score (nSPS) is 15.1. The van der Waals surface area contributed by atoms with E-state index in [1.165, 1.54) is 11.1 Å². The summed E-state index contributed by atoms with van der Waals surface area (Å²) in [6.07, 6.45) is 1.04. The van der Waals surface area contributed by atoms with Crippen LogP contribution >= 0.6 is 0 Å². The molecule has 0 bridgehead atoms. The summed E-state index contributed by atoms with van der Waals surface area (Å²) in [5.74, 6) is 0.599. The van der Waals surface area contributed by atoms with Gasteiger partial charge in [-0.2, -0.15) is 0 Å². The molecule has 18 heavy (non-hydrogen) atoms. The van der Waals surface area contributed by atoms with Crippen molar-refractivity contribution in [3.63, 3.8) is 0 Å². The van der Waals surface area contributed by atoms with Crippen LogP contribution in [-0.4, -0.2) is 32.1 Å². The molecule has 2 nitrogen and oxygen atoms in total. The first-order valence-electron chi connectivity index (χ1n) is 6.80. The van der Waals surface area contributed by atoms with E-state index in [9.17, 15) is 0 Å². The smallest absolute Gasteiger partial charge is 0.00445 e. The van der Waals surface area contributed by atoms with E-state index in [0.717, 1.165) is 19.5 Å². The molecule has 0 amide bonds. The first-order valence-corrected chi connectivity index (χ1v) is 6.80. The lowest BCUT2D eigenvalue weighted by Gasteiger charge is -2.31. The van der Waals surface area contributed by atoms with Gasteiger partial charge in [0, 0.05) is 6.54 Å². The maximum absolute atomic E-state index is 5.95. The van der Waals surface area contributed by atoms with Gasteiger partial charge < -0.3 is 10.6 Å². The monoisotopic (exact) mass is 248 g/mol. The molecule has 2 heteroatoms. The molecule has 0 heterocycles. The molecular weight excluding hydrogens is 220 g/mol. The minimum Gasteiger partial charge on any atom is -0.330 e. The molecule has 0 saturated carbocycles. The molecule has 0 fully saturated rings. The molecule has 0 aliphatic heterocycles. The van der Waals surface area contributed by atoms with Crippen molar-refractivity contribution in [2.75, 3.05) is 27.2 Å². The van der Waals surface area contributed by atoms with Crippen LogP contribution in [0.25, 0.3) is 0 Å². The fourth-order valence-corrected chi connectivity index (χ4v) is 2.47. The number of hydrogen-bond donors (Lipinski definition) is 1. The largest absolute Gasteiger partial charge is 0.330 e. The van der Waals surface area contributed by atoms with E-state index in [2.05, 4.69) is 64.0 Å². The molecule has 0 aliphatic rings. The van der Waals surface area contributed by atoms with Gasteiger partial charge in [0.1, 0.15) is 0 Å². The summed E-state index contributed by atoms with van der Waals surface area (Å²) in [6.45, 7) is 8.46. The van der Waals surface area contributed by atoms with Gasteiger partial charge >= 0.3 is 0 Å². The highest BCUT2D eigenvalue weighted by Crippen LogP contribution is 2.23. The molecule has 0 saturated heterocycles. The summed E-state index contributed by atoms with van der Waals surface area (Å²) in [7, 11) is 4.21. The molecule has 102 valence electrons. The zero-order valence-electron chi connectivity index (χ0n) is 12.5. The van der Waals surface area contributed by atoms with Crippen LogP contribution < -0.4 is 5.73 Å². The second-order valence-corrected chi connectivity index (χ2v) is 6.33. The maximum atomic E-state index is 5.95. The third-order valence-corrected chi connectivity index (χ3v) is 3.47. The molecule has 0 aromatic heterocycles.